The van der Waals surface area contributed by atoms with Crippen molar-refractivity contribution in [2.45, 2.75) is 45.4 Å². The van der Waals surface area contributed by atoms with Crippen molar-refractivity contribution in [2.75, 3.05) is 0 Å². The Morgan fingerprint density at radius 3 is 2.69 bits per heavy atom. The molecule has 0 aliphatic heterocycles. The van der Waals surface area contributed by atoms with Crippen molar-refractivity contribution >= 4 is 43.8 Å². The van der Waals surface area contributed by atoms with E-state index in [0.717, 1.165) is 61.8 Å². The van der Waals surface area contributed by atoms with Crippen LogP contribution < -0.4 is 5.69 Å². The maximum atomic E-state index is 12.5. The summed E-state index contributed by atoms with van der Waals surface area (Å²) in [6.45, 7) is 6.78. The fraction of sp³-hybridized carbons (Fsp3) is 0.310. The maximum Gasteiger partial charge on any atom is 0.328 e. The lowest BCUT2D eigenvalue weighted by Crippen LogP contribution is -2.23. The molecule has 0 fully saturated rings. The van der Waals surface area contributed by atoms with Crippen molar-refractivity contribution in [3.8, 4) is 11.4 Å². The highest BCUT2D eigenvalue weighted by Gasteiger charge is 2.30. The Labute approximate surface area is 202 Å². The summed E-state index contributed by atoms with van der Waals surface area (Å²) >= 11 is 0. The Morgan fingerprint density at radius 1 is 1.06 bits per heavy atom. The third-order valence-electron chi connectivity index (χ3n) is 8.23. The number of hydrogen-bond donors (Lipinski definition) is 1. The molecule has 0 amide bonds. The van der Waals surface area contributed by atoms with Gasteiger partial charge in [-0.15, -0.1) is 0 Å². The SMILES string of the molecule is Cc1coc2c3ccc4c(c3c3nc(-c5ccc6c(c5)n(C)c(=O)n6C)[nH]c3c12)CCCC4(C)C. The average Bonchev–Trinajstić information content (AvgIpc) is 3.50. The standard InChI is InChI=1S/C29H28N4O2/c1-15-14-35-26-18-9-10-19-17(7-6-12-29(19,2)3)23(18)25-24(22(15)26)30-27(31-25)16-8-11-20-21(13-16)33(5)28(34)32(20)4/h8-11,13-14H,6-7,12H2,1-5H3,(H,30,31). The molecule has 3 heterocycles. The van der Waals surface area contributed by atoms with E-state index in [1.54, 1.807) is 16.2 Å². The van der Waals surface area contributed by atoms with E-state index in [2.05, 4.69) is 44.0 Å². The lowest BCUT2D eigenvalue weighted by atomic mass is 9.71. The van der Waals surface area contributed by atoms with E-state index in [9.17, 15) is 4.79 Å². The molecule has 0 radical (unpaired) electrons. The van der Waals surface area contributed by atoms with Crippen molar-refractivity contribution in [1.29, 1.82) is 0 Å². The molecule has 3 aromatic carbocycles. The number of fused-ring (bicyclic) bond motifs is 9. The van der Waals surface area contributed by atoms with Crippen LogP contribution in [0.1, 0.15) is 43.4 Å². The molecule has 6 aromatic rings. The molecule has 0 atom stereocenters. The first-order chi connectivity index (χ1) is 16.8. The molecule has 0 unspecified atom stereocenters. The monoisotopic (exact) mass is 464 g/mol. The molecule has 0 saturated carbocycles. The van der Waals surface area contributed by atoms with Crippen LogP contribution in [0.3, 0.4) is 0 Å². The van der Waals surface area contributed by atoms with Crippen molar-refractivity contribution < 1.29 is 4.42 Å². The second-order valence-corrected chi connectivity index (χ2v) is 10.8. The zero-order chi connectivity index (χ0) is 24.2. The predicted molar refractivity (Wildman–Crippen MR) is 141 cm³/mol. The van der Waals surface area contributed by atoms with Gasteiger partial charge in [0.1, 0.15) is 11.4 Å². The van der Waals surface area contributed by atoms with Crippen LogP contribution in [0.2, 0.25) is 0 Å². The summed E-state index contributed by atoms with van der Waals surface area (Å²) in [6, 6.07) is 10.6. The minimum absolute atomic E-state index is 0.0299. The van der Waals surface area contributed by atoms with E-state index in [1.807, 2.05) is 25.4 Å². The fourth-order valence-corrected chi connectivity index (χ4v) is 6.32. The number of aryl methyl sites for hydroxylation is 4. The third kappa shape index (κ3) is 2.60. The Morgan fingerprint density at radius 2 is 1.86 bits per heavy atom. The smallest absolute Gasteiger partial charge is 0.328 e. The summed E-state index contributed by atoms with van der Waals surface area (Å²) in [5.74, 6) is 0.806. The Bertz CT molecular complexity index is 1910. The number of nitrogens with one attached hydrogen (secondary N) is 1. The van der Waals surface area contributed by atoms with Gasteiger partial charge in [0.25, 0.3) is 0 Å². The van der Waals surface area contributed by atoms with Gasteiger partial charge in [0, 0.05) is 35.8 Å². The quantitative estimate of drug-likeness (QED) is 0.313. The third-order valence-corrected chi connectivity index (χ3v) is 8.23. The van der Waals surface area contributed by atoms with Gasteiger partial charge in [-0.1, -0.05) is 26.0 Å². The van der Waals surface area contributed by atoms with Crippen LogP contribution in [0.5, 0.6) is 0 Å². The van der Waals surface area contributed by atoms with E-state index in [1.165, 1.54) is 29.4 Å². The number of benzene rings is 3. The molecule has 0 spiro atoms. The molecule has 1 aliphatic rings. The first-order valence-electron chi connectivity index (χ1n) is 12.3. The molecular weight excluding hydrogens is 436 g/mol. The molecule has 6 nitrogen and oxygen atoms in total. The largest absolute Gasteiger partial charge is 0.463 e. The topological polar surface area (TPSA) is 68.8 Å². The van der Waals surface area contributed by atoms with Crippen LogP contribution in [-0.2, 0) is 25.9 Å². The van der Waals surface area contributed by atoms with Crippen LogP contribution in [0, 0.1) is 6.92 Å². The number of imidazole rings is 2. The molecule has 1 N–H and O–H groups in total. The second-order valence-electron chi connectivity index (χ2n) is 10.8. The zero-order valence-electron chi connectivity index (χ0n) is 20.7. The number of aromatic nitrogens is 4. The normalized spacial score (nSPS) is 15.6. The van der Waals surface area contributed by atoms with E-state index in [4.69, 9.17) is 9.40 Å². The molecule has 176 valence electrons. The van der Waals surface area contributed by atoms with Gasteiger partial charge < -0.3 is 9.40 Å². The van der Waals surface area contributed by atoms with Gasteiger partial charge in [-0.3, -0.25) is 9.13 Å². The highest BCUT2D eigenvalue weighted by molar-refractivity contribution is 6.24. The minimum Gasteiger partial charge on any atom is -0.463 e. The minimum atomic E-state index is -0.0299. The molecular formula is C29H28N4O2. The molecule has 6 heteroatoms. The number of H-pyrrole nitrogens is 1. The Hall–Kier alpha value is -3.80. The molecule has 0 saturated heterocycles. The van der Waals surface area contributed by atoms with Gasteiger partial charge >= 0.3 is 5.69 Å². The first-order valence-corrected chi connectivity index (χ1v) is 12.3. The van der Waals surface area contributed by atoms with Crippen molar-refractivity contribution in [1.82, 2.24) is 19.1 Å². The van der Waals surface area contributed by atoms with Crippen LogP contribution in [0.4, 0.5) is 0 Å². The van der Waals surface area contributed by atoms with Gasteiger partial charge in [-0.05, 0) is 66.5 Å². The summed E-state index contributed by atoms with van der Waals surface area (Å²) in [4.78, 5) is 21.3. The summed E-state index contributed by atoms with van der Waals surface area (Å²) in [7, 11) is 3.62. The first kappa shape index (κ1) is 20.6. The van der Waals surface area contributed by atoms with Crippen LogP contribution in [0.15, 0.2) is 45.8 Å². The van der Waals surface area contributed by atoms with Crippen molar-refractivity contribution in [3.63, 3.8) is 0 Å². The number of hydrogen-bond acceptors (Lipinski definition) is 3. The van der Waals surface area contributed by atoms with E-state index < -0.39 is 0 Å². The summed E-state index contributed by atoms with van der Waals surface area (Å²) < 4.78 is 9.50. The maximum absolute atomic E-state index is 12.5. The molecule has 0 bridgehead atoms. The van der Waals surface area contributed by atoms with Crippen molar-refractivity contribution in [3.05, 3.63) is 63.8 Å². The number of aromatic amines is 1. The van der Waals surface area contributed by atoms with Crippen LogP contribution in [0.25, 0.3) is 55.2 Å². The lowest BCUT2D eigenvalue weighted by Gasteiger charge is -2.33. The lowest BCUT2D eigenvalue weighted by molar-refractivity contribution is 0.433. The van der Waals surface area contributed by atoms with Gasteiger partial charge in [-0.25, -0.2) is 9.78 Å². The van der Waals surface area contributed by atoms with Gasteiger partial charge in [0.05, 0.1) is 28.3 Å². The highest BCUT2D eigenvalue weighted by Crippen LogP contribution is 2.45. The number of rotatable bonds is 1. The Kier molecular flexibility index (Phi) is 3.91. The summed E-state index contributed by atoms with van der Waals surface area (Å²) in [6.07, 6.45) is 5.26. The van der Waals surface area contributed by atoms with Crippen LogP contribution >= 0.6 is 0 Å². The van der Waals surface area contributed by atoms with E-state index in [-0.39, 0.29) is 11.1 Å². The molecule has 35 heavy (non-hydrogen) atoms. The van der Waals surface area contributed by atoms with Gasteiger partial charge in [0.15, 0.2) is 0 Å². The number of furan rings is 1. The molecule has 1 aliphatic carbocycles. The highest BCUT2D eigenvalue weighted by atomic mass is 16.3. The molecule has 3 aromatic heterocycles. The van der Waals surface area contributed by atoms with E-state index in [0.29, 0.717) is 0 Å². The number of nitrogens with zero attached hydrogens (tertiary/aromatic N) is 3. The summed E-state index contributed by atoms with van der Waals surface area (Å²) in [5, 5.41) is 3.44. The van der Waals surface area contributed by atoms with Crippen LogP contribution in [-0.4, -0.2) is 19.1 Å². The predicted octanol–water partition coefficient (Wildman–Crippen LogP) is 6.24. The van der Waals surface area contributed by atoms with E-state index >= 15 is 0 Å². The zero-order valence-corrected chi connectivity index (χ0v) is 20.7. The summed E-state index contributed by atoms with van der Waals surface area (Å²) in [5.41, 5.74) is 9.75. The van der Waals surface area contributed by atoms with Gasteiger partial charge in [-0.2, -0.15) is 0 Å². The molecule has 7 rings (SSSR count). The van der Waals surface area contributed by atoms with Gasteiger partial charge in [0.2, 0.25) is 0 Å². The average molecular weight is 465 g/mol. The fourth-order valence-electron chi connectivity index (χ4n) is 6.32. The van der Waals surface area contributed by atoms with Crippen molar-refractivity contribution in [2.24, 2.45) is 14.1 Å². The second kappa shape index (κ2) is 6.66. The Balaban J connectivity index is 1.60.